The molecule has 1 heterocycles. The molecule has 1 fully saturated rings. The average molecular weight is 397 g/mol. The molecule has 30 heavy (non-hydrogen) atoms. The lowest BCUT2D eigenvalue weighted by Gasteiger charge is -2.29. The maximum absolute atomic E-state index is 6.11. The number of fused-ring (bicyclic) bond motifs is 2. The fourth-order valence-corrected chi connectivity index (χ4v) is 4.84. The molecular weight excluding hydrogens is 368 g/mol. The van der Waals surface area contributed by atoms with Crippen molar-refractivity contribution in [2.24, 2.45) is 11.8 Å². The minimum atomic E-state index is 0.543. The van der Waals surface area contributed by atoms with Crippen molar-refractivity contribution in [2.75, 3.05) is 17.6 Å². The molecule has 0 radical (unpaired) electrons. The molecule has 0 unspecified atom stereocenters. The highest BCUT2D eigenvalue weighted by Crippen LogP contribution is 2.33. The van der Waals surface area contributed by atoms with Gasteiger partial charge in [0.15, 0.2) is 0 Å². The van der Waals surface area contributed by atoms with Gasteiger partial charge in [0.05, 0.1) is 5.52 Å². The van der Waals surface area contributed by atoms with Crippen LogP contribution in [0.4, 0.5) is 11.8 Å². The monoisotopic (exact) mass is 396 g/mol. The molecule has 4 heteroatoms. The van der Waals surface area contributed by atoms with Crippen LogP contribution in [-0.4, -0.2) is 16.5 Å². The van der Waals surface area contributed by atoms with E-state index in [9.17, 15) is 0 Å². The lowest BCUT2D eigenvalue weighted by atomic mass is 9.79. The molecule has 1 aliphatic carbocycles. The van der Waals surface area contributed by atoms with Crippen molar-refractivity contribution in [3.05, 3.63) is 72.3 Å². The topological polar surface area (TPSA) is 63.8 Å². The second-order valence-corrected chi connectivity index (χ2v) is 8.56. The van der Waals surface area contributed by atoms with E-state index < -0.39 is 0 Å². The number of aromatic nitrogens is 2. The van der Waals surface area contributed by atoms with Gasteiger partial charge < -0.3 is 11.1 Å². The van der Waals surface area contributed by atoms with Crippen LogP contribution in [-0.2, 0) is 6.42 Å². The number of nitrogens with zero attached hydrogens (tertiary/aromatic N) is 2. The van der Waals surface area contributed by atoms with Crippen LogP contribution in [0.5, 0.6) is 0 Å². The standard InChI is InChI=1S/C26H28N4/c27-25-23-10-3-4-11-24(23)29-26(30-25)28-17-19-14-12-18(13-15-19)16-21-8-5-7-20-6-1-2-9-22(20)21/h1-11,18-19H,12-17H2,(H3,27,28,29,30). The maximum Gasteiger partial charge on any atom is 0.225 e. The minimum absolute atomic E-state index is 0.543. The summed E-state index contributed by atoms with van der Waals surface area (Å²) in [4.78, 5) is 9.06. The third kappa shape index (κ3) is 3.95. The van der Waals surface area contributed by atoms with Crippen LogP contribution in [0.15, 0.2) is 66.7 Å². The predicted octanol–water partition coefficient (Wildman–Crippen LogP) is 5.83. The summed E-state index contributed by atoms with van der Waals surface area (Å²) in [6, 6.07) is 23.3. The van der Waals surface area contributed by atoms with E-state index in [0.717, 1.165) is 23.4 Å². The first-order valence-electron chi connectivity index (χ1n) is 11.0. The first-order valence-corrected chi connectivity index (χ1v) is 11.0. The van der Waals surface area contributed by atoms with Crippen molar-refractivity contribution in [2.45, 2.75) is 32.1 Å². The van der Waals surface area contributed by atoms with Gasteiger partial charge in [0.2, 0.25) is 5.95 Å². The van der Waals surface area contributed by atoms with Crippen LogP contribution in [0.1, 0.15) is 31.2 Å². The van der Waals surface area contributed by atoms with E-state index in [0.29, 0.717) is 17.7 Å². The zero-order valence-corrected chi connectivity index (χ0v) is 17.2. The Kier molecular flexibility index (Phi) is 5.22. The second-order valence-electron chi connectivity index (χ2n) is 8.56. The van der Waals surface area contributed by atoms with Crippen LogP contribution < -0.4 is 11.1 Å². The first kappa shape index (κ1) is 18.9. The summed E-state index contributed by atoms with van der Waals surface area (Å²) in [5.41, 5.74) is 8.50. The normalized spacial score (nSPS) is 19.2. The van der Waals surface area contributed by atoms with E-state index in [1.807, 2.05) is 24.3 Å². The molecule has 4 nitrogen and oxygen atoms in total. The molecule has 0 spiro atoms. The molecule has 5 rings (SSSR count). The van der Waals surface area contributed by atoms with Gasteiger partial charge in [-0.1, -0.05) is 54.6 Å². The molecule has 1 aromatic heterocycles. The van der Waals surface area contributed by atoms with Crippen molar-refractivity contribution in [3.8, 4) is 0 Å². The van der Waals surface area contributed by atoms with Crippen LogP contribution in [0, 0.1) is 11.8 Å². The zero-order valence-electron chi connectivity index (χ0n) is 17.2. The van der Waals surface area contributed by atoms with Gasteiger partial charge in [-0.2, -0.15) is 4.98 Å². The van der Waals surface area contributed by atoms with Gasteiger partial charge in [0.25, 0.3) is 0 Å². The fourth-order valence-electron chi connectivity index (χ4n) is 4.84. The summed E-state index contributed by atoms with van der Waals surface area (Å²) < 4.78 is 0. The number of benzene rings is 3. The van der Waals surface area contributed by atoms with Gasteiger partial charge in [0, 0.05) is 11.9 Å². The summed E-state index contributed by atoms with van der Waals surface area (Å²) in [6.07, 6.45) is 6.27. The number of anilines is 2. The zero-order chi connectivity index (χ0) is 20.3. The first-order chi connectivity index (χ1) is 14.8. The summed E-state index contributed by atoms with van der Waals surface area (Å²) >= 11 is 0. The molecule has 0 aliphatic heterocycles. The van der Waals surface area contributed by atoms with E-state index in [2.05, 4.69) is 57.7 Å². The Morgan fingerprint density at radius 2 is 1.47 bits per heavy atom. The van der Waals surface area contributed by atoms with Gasteiger partial charge in [-0.25, -0.2) is 4.98 Å². The quantitative estimate of drug-likeness (QED) is 0.446. The lowest BCUT2D eigenvalue weighted by Crippen LogP contribution is -2.23. The van der Waals surface area contributed by atoms with E-state index in [4.69, 9.17) is 5.73 Å². The van der Waals surface area contributed by atoms with Crippen molar-refractivity contribution in [1.29, 1.82) is 0 Å². The summed E-state index contributed by atoms with van der Waals surface area (Å²) in [5, 5.41) is 7.11. The van der Waals surface area contributed by atoms with Gasteiger partial charge in [-0.05, 0) is 72.4 Å². The molecule has 0 bridgehead atoms. The van der Waals surface area contributed by atoms with Crippen LogP contribution >= 0.6 is 0 Å². The third-order valence-corrected chi connectivity index (χ3v) is 6.54. The molecule has 0 atom stereocenters. The summed E-state index contributed by atoms with van der Waals surface area (Å²) in [7, 11) is 0. The molecule has 0 saturated heterocycles. The molecule has 3 N–H and O–H groups in total. The molecule has 3 aromatic carbocycles. The number of hydrogen-bond donors (Lipinski definition) is 2. The Hall–Kier alpha value is -3.14. The number of rotatable bonds is 5. The predicted molar refractivity (Wildman–Crippen MR) is 126 cm³/mol. The number of nitrogen functional groups attached to an aromatic ring is 1. The van der Waals surface area contributed by atoms with E-state index >= 15 is 0 Å². The van der Waals surface area contributed by atoms with Gasteiger partial charge in [-0.15, -0.1) is 0 Å². The molecule has 1 saturated carbocycles. The van der Waals surface area contributed by atoms with E-state index in [1.54, 1.807) is 0 Å². The highest BCUT2D eigenvalue weighted by molar-refractivity contribution is 5.88. The Labute approximate surface area is 177 Å². The Morgan fingerprint density at radius 1 is 0.767 bits per heavy atom. The van der Waals surface area contributed by atoms with Crippen molar-refractivity contribution < 1.29 is 0 Å². The smallest absolute Gasteiger partial charge is 0.225 e. The van der Waals surface area contributed by atoms with E-state index in [-0.39, 0.29) is 0 Å². The van der Waals surface area contributed by atoms with Crippen molar-refractivity contribution in [1.82, 2.24) is 9.97 Å². The molecule has 1 aliphatic rings. The van der Waals surface area contributed by atoms with Gasteiger partial charge in [0.1, 0.15) is 5.82 Å². The average Bonchev–Trinajstić information content (AvgIpc) is 2.79. The fraction of sp³-hybridized carbons (Fsp3) is 0.308. The number of nitrogens with two attached hydrogens (primary N) is 1. The Morgan fingerprint density at radius 3 is 2.33 bits per heavy atom. The lowest BCUT2D eigenvalue weighted by molar-refractivity contribution is 0.283. The Bertz CT molecular complexity index is 1160. The van der Waals surface area contributed by atoms with Crippen LogP contribution in [0.3, 0.4) is 0 Å². The van der Waals surface area contributed by atoms with Crippen LogP contribution in [0.2, 0.25) is 0 Å². The maximum atomic E-state index is 6.11. The summed E-state index contributed by atoms with van der Waals surface area (Å²) in [6.45, 7) is 0.915. The van der Waals surface area contributed by atoms with Gasteiger partial charge >= 0.3 is 0 Å². The van der Waals surface area contributed by atoms with Crippen molar-refractivity contribution in [3.63, 3.8) is 0 Å². The second kappa shape index (κ2) is 8.31. The number of para-hydroxylation sites is 1. The highest BCUT2D eigenvalue weighted by Gasteiger charge is 2.22. The SMILES string of the molecule is Nc1nc(NCC2CCC(Cc3cccc4ccccc34)CC2)nc2ccccc12. The molecule has 4 aromatic rings. The van der Waals surface area contributed by atoms with Crippen LogP contribution in [0.25, 0.3) is 21.7 Å². The number of nitrogens with one attached hydrogen (secondary N) is 1. The highest BCUT2D eigenvalue weighted by atomic mass is 15.1. The third-order valence-electron chi connectivity index (χ3n) is 6.54. The largest absolute Gasteiger partial charge is 0.383 e. The van der Waals surface area contributed by atoms with E-state index in [1.165, 1.54) is 48.4 Å². The minimum Gasteiger partial charge on any atom is -0.383 e. The molecular formula is C26H28N4. The Balaban J connectivity index is 1.18. The van der Waals surface area contributed by atoms with Crippen molar-refractivity contribution >= 4 is 33.4 Å². The number of hydrogen-bond acceptors (Lipinski definition) is 4. The summed E-state index contributed by atoms with van der Waals surface area (Å²) in [5.74, 6) is 2.63. The van der Waals surface area contributed by atoms with Gasteiger partial charge in [-0.3, -0.25) is 0 Å². The molecule has 0 amide bonds. The molecule has 152 valence electrons.